The Morgan fingerprint density at radius 3 is 1.76 bits per heavy atom. The number of hydrogen-bond acceptors (Lipinski definition) is 12. The van der Waals surface area contributed by atoms with E-state index in [2.05, 4.69) is 11.9 Å². The van der Waals surface area contributed by atoms with Crippen LogP contribution in [0, 0.1) is 0 Å². The lowest BCUT2D eigenvalue weighted by molar-refractivity contribution is -0.380. The summed E-state index contributed by atoms with van der Waals surface area (Å²) >= 11 is 0. The number of hydrogen-bond donors (Lipinski definition) is 1. The Hall–Kier alpha value is -4.80. The van der Waals surface area contributed by atoms with Crippen molar-refractivity contribution in [2.45, 2.75) is 94.4 Å². The van der Waals surface area contributed by atoms with Crippen molar-refractivity contribution in [2.75, 3.05) is 20.3 Å². The summed E-state index contributed by atoms with van der Waals surface area (Å²) in [6, 6.07) is 37.4. The number of nitrogens with one attached hydrogen (secondary N) is 1. The first kappa shape index (κ1) is 42.3. The zero-order valence-corrected chi connectivity index (χ0v) is 33.1. The van der Waals surface area contributed by atoms with Crippen molar-refractivity contribution in [3.8, 4) is 0 Å². The number of ether oxygens (including phenoxy) is 10. The van der Waals surface area contributed by atoms with Crippen molar-refractivity contribution in [1.82, 2.24) is 5.32 Å². The standard InChI is InChI=1S/C46H51NO12/c1-4-25-51-45-36(47-30(2)48)38(37-35(56-45)29-55-44(57-37)34-23-15-8-16-24-34)58-46-42(54-28-33-21-13-7-14-22-33)40(53-27-32-19-11-6-12-20-32)39(41(59-46)43(49)50-3)52-26-31-17-9-5-10-18-31/h4-24,35-42,44-46H,1,25-29H2,2-3H3,(H,47,48)/t35-,36-,37-,38-,39-,40+,41+,42-,44?,45+,46+/m1/s1. The lowest BCUT2D eigenvalue weighted by Gasteiger charge is -2.51. The van der Waals surface area contributed by atoms with Crippen LogP contribution >= 0.6 is 0 Å². The number of fused-ring (bicyclic) bond motifs is 1. The maximum absolute atomic E-state index is 13.8. The van der Waals surface area contributed by atoms with Gasteiger partial charge in [0.25, 0.3) is 0 Å². The molecule has 0 aromatic heterocycles. The molecule has 3 fully saturated rings. The van der Waals surface area contributed by atoms with Crippen LogP contribution in [-0.2, 0) is 76.8 Å². The van der Waals surface area contributed by atoms with Gasteiger partial charge in [-0.2, -0.15) is 0 Å². The Morgan fingerprint density at radius 2 is 1.22 bits per heavy atom. The first-order chi connectivity index (χ1) is 28.9. The van der Waals surface area contributed by atoms with Gasteiger partial charge in [-0.3, -0.25) is 4.79 Å². The highest BCUT2D eigenvalue weighted by Crippen LogP contribution is 2.39. The molecule has 7 rings (SSSR count). The number of benzene rings is 4. The molecular weight excluding hydrogens is 759 g/mol. The van der Waals surface area contributed by atoms with Crippen LogP contribution in [0.4, 0.5) is 0 Å². The molecule has 0 aliphatic carbocycles. The van der Waals surface area contributed by atoms with Crippen molar-refractivity contribution in [3.63, 3.8) is 0 Å². The normalized spacial score (nSPS) is 29.2. The van der Waals surface area contributed by atoms with Crippen LogP contribution in [0.3, 0.4) is 0 Å². The molecule has 13 nitrogen and oxygen atoms in total. The fourth-order valence-electron chi connectivity index (χ4n) is 7.44. The third kappa shape index (κ3) is 10.9. The predicted octanol–water partition coefficient (Wildman–Crippen LogP) is 5.57. The van der Waals surface area contributed by atoms with Crippen LogP contribution in [0.15, 0.2) is 134 Å². The summed E-state index contributed by atoms with van der Waals surface area (Å²) in [4.78, 5) is 26.7. The number of rotatable bonds is 17. The fraction of sp³-hybridized carbons (Fsp3) is 0.391. The first-order valence-corrected chi connectivity index (χ1v) is 19.7. The third-order valence-corrected chi connectivity index (χ3v) is 10.2. The maximum atomic E-state index is 13.8. The van der Waals surface area contributed by atoms with E-state index >= 15 is 0 Å². The van der Waals surface area contributed by atoms with Crippen LogP contribution in [0.25, 0.3) is 0 Å². The van der Waals surface area contributed by atoms with Crippen molar-refractivity contribution in [1.29, 1.82) is 0 Å². The number of carbonyl (C=O) groups excluding carboxylic acids is 2. The molecule has 312 valence electrons. The minimum absolute atomic E-state index is 0.113. The van der Waals surface area contributed by atoms with Crippen LogP contribution in [0.1, 0.15) is 35.5 Å². The molecule has 4 aromatic rings. The van der Waals surface area contributed by atoms with Gasteiger partial charge in [0.15, 0.2) is 25.0 Å². The second-order valence-electron chi connectivity index (χ2n) is 14.4. The number of carbonyl (C=O) groups is 2. The van der Waals surface area contributed by atoms with Gasteiger partial charge in [0, 0.05) is 12.5 Å². The molecule has 11 atom stereocenters. The molecule has 3 heterocycles. The Balaban J connectivity index is 1.29. The molecule has 1 amide bonds. The first-order valence-electron chi connectivity index (χ1n) is 19.7. The second-order valence-corrected chi connectivity index (χ2v) is 14.4. The predicted molar refractivity (Wildman–Crippen MR) is 213 cm³/mol. The molecule has 13 heteroatoms. The van der Waals surface area contributed by atoms with Gasteiger partial charge < -0.3 is 52.7 Å². The topological polar surface area (TPSA) is 138 Å². The van der Waals surface area contributed by atoms with Crippen molar-refractivity contribution in [3.05, 3.63) is 156 Å². The Bertz CT molecular complexity index is 1900. The molecule has 0 bridgehead atoms. The Kier molecular flexibility index (Phi) is 15.0. The summed E-state index contributed by atoms with van der Waals surface area (Å²) in [5.74, 6) is -1.06. The lowest BCUT2D eigenvalue weighted by Crippen LogP contribution is -2.70. The Labute approximate surface area is 344 Å². The average molecular weight is 810 g/mol. The average Bonchev–Trinajstić information content (AvgIpc) is 3.28. The monoisotopic (exact) mass is 809 g/mol. The molecule has 3 saturated heterocycles. The van der Waals surface area contributed by atoms with E-state index in [4.69, 9.17) is 47.4 Å². The van der Waals surface area contributed by atoms with Gasteiger partial charge in [-0.25, -0.2) is 4.79 Å². The van der Waals surface area contributed by atoms with E-state index in [1.54, 1.807) is 6.08 Å². The van der Waals surface area contributed by atoms with E-state index in [9.17, 15) is 9.59 Å². The van der Waals surface area contributed by atoms with E-state index in [1.807, 2.05) is 121 Å². The summed E-state index contributed by atoms with van der Waals surface area (Å²) in [6.07, 6.45) is -8.40. The molecule has 1 N–H and O–H groups in total. The molecule has 0 saturated carbocycles. The molecule has 3 aliphatic heterocycles. The lowest BCUT2D eigenvalue weighted by atomic mass is 9.94. The van der Waals surface area contributed by atoms with E-state index in [-0.39, 0.29) is 38.9 Å². The minimum atomic E-state index is -1.33. The highest BCUT2D eigenvalue weighted by Gasteiger charge is 2.57. The van der Waals surface area contributed by atoms with Crippen LogP contribution in [0.2, 0.25) is 0 Å². The van der Waals surface area contributed by atoms with Gasteiger partial charge in [-0.1, -0.05) is 127 Å². The number of amides is 1. The van der Waals surface area contributed by atoms with E-state index in [0.717, 1.165) is 22.3 Å². The molecule has 1 unspecified atom stereocenters. The smallest absolute Gasteiger partial charge is 0.337 e. The van der Waals surface area contributed by atoms with Crippen LogP contribution in [0.5, 0.6) is 0 Å². The van der Waals surface area contributed by atoms with E-state index in [0.29, 0.717) is 0 Å². The molecule has 59 heavy (non-hydrogen) atoms. The fourth-order valence-corrected chi connectivity index (χ4v) is 7.44. The second kappa shape index (κ2) is 20.9. The van der Waals surface area contributed by atoms with Crippen molar-refractivity contribution in [2.24, 2.45) is 0 Å². The van der Waals surface area contributed by atoms with Crippen LogP contribution < -0.4 is 5.32 Å². The molecule has 0 radical (unpaired) electrons. The highest BCUT2D eigenvalue weighted by molar-refractivity contribution is 5.75. The van der Waals surface area contributed by atoms with Gasteiger partial charge in [0.2, 0.25) is 5.91 Å². The summed E-state index contributed by atoms with van der Waals surface area (Å²) < 4.78 is 64.5. The summed E-state index contributed by atoms with van der Waals surface area (Å²) in [5, 5.41) is 2.98. The van der Waals surface area contributed by atoms with Gasteiger partial charge in [-0.05, 0) is 16.7 Å². The number of methoxy groups -OCH3 is 1. The van der Waals surface area contributed by atoms with Gasteiger partial charge in [0.05, 0.1) is 40.1 Å². The summed E-state index contributed by atoms with van der Waals surface area (Å²) in [5.41, 5.74) is 3.42. The zero-order valence-electron chi connectivity index (χ0n) is 33.1. The van der Waals surface area contributed by atoms with Crippen LogP contribution in [-0.4, -0.2) is 93.5 Å². The molecular formula is C46H51NO12. The van der Waals surface area contributed by atoms with Crippen molar-refractivity contribution < 1.29 is 57.0 Å². The zero-order chi connectivity index (χ0) is 41.0. The quantitative estimate of drug-likeness (QED) is 0.105. The number of esters is 1. The Morgan fingerprint density at radius 1 is 0.678 bits per heavy atom. The van der Waals surface area contributed by atoms with E-state index < -0.39 is 73.6 Å². The maximum Gasteiger partial charge on any atom is 0.337 e. The van der Waals surface area contributed by atoms with Gasteiger partial charge >= 0.3 is 5.97 Å². The van der Waals surface area contributed by atoms with E-state index in [1.165, 1.54) is 14.0 Å². The molecule has 4 aromatic carbocycles. The summed E-state index contributed by atoms with van der Waals surface area (Å²) in [7, 11) is 1.28. The van der Waals surface area contributed by atoms with Gasteiger partial charge in [-0.15, -0.1) is 6.58 Å². The third-order valence-electron chi connectivity index (χ3n) is 10.2. The van der Waals surface area contributed by atoms with Gasteiger partial charge in [0.1, 0.15) is 42.7 Å². The molecule has 3 aliphatic rings. The summed E-state index contributed by atoms with van der Waals surface area (Å²) in [6.45, 7) is 5.83. The molecule has 0 spiro atoms. The largest absolute Gasteiger partial charge is 0.467 e. The van der Waals surface area contributed by atoms with Crippen molar-refractivity contribution >= 4 is 11.9 Å². The highest BCUT2D eigenvalue weighted by atomic mass is 16.8. The minimum Gasteiger partial charge on any atom is -0.467 e. The SMILES string of the molecule is C=CCO[C@H]1O[C@@H]2COC(c3ccccc3)O[C@H]2[C@H](O[C@H]2O[C@H](C(=O)OC)[C@H](OCc3ccccc3)[C@H](OCc3ccccc3)[C@H]2OCc2ccccc2)[C@H]1NC(C)=O.